The van der Waals surface area contributed by atoms with Crippen LogP contribution in [0.4, 0.5) is 4.79 Å². The number of piperazine rings is 1. The first-order valence-corrected chi connectivity index (χ1v) is 10.1. The molecule has 1 N–H and O–H groups in total. The molecule has 0 aliphatic carbocycles. The van der Waals surface area contributed by atoms with E-state index < -0.39 is 23.4 Å². The van der Waals surface area contributed by atoms with Crippen LogP contribution in [0, 0.1) is 0 Å². The van der Waals surface area contributed by atoms with Gasteiger partial charge in [-0.1, -0.05) is 0 Å². The van der Waals surface area contributed by atoms with Gasteiger partial charge in [0.2, 0.25) is 0 Å². The third-order valence-corrected chi connectivity index (χ3v) is 5.28. The molecule has 0 atom stereocenters. The molecule has 1 aliphatic heterocycles. The van der Waals surface area contributed by atoms with Gasteiger partial charge in [0.05, 0.1) is 23.6 Å². The Kier molecular flexibility index (Phi) is 5.88. The van der Waals surface area contributed by atoms with E-state index in [1.54, 1.807) is 31.7 Å². The summed E-state index contributed by atoms with van der Waals surface area (Å²) in [7, 11) is 1.52. The fourth-order valence-electron chi connectivity index (χ4n) is 3.21. The van der Waals surface area contributed by atoms with Crippen molar-refractivity contribution in [2.24, 2.45) is 0 Å². The van der Waals surface area contributed by atoms with Crippen LogP contribution in [0.5, 0.6) is 5.75 Å². The van der Waals surface area contributed by atoms with E-state index in [-0.39, 0.29) is 18.7 Å². The molecule has 2 amide bonds. The predicted octanol–water partition coefficient (Wildman–Crippen LogP) is 3.20. The Balaban J connectivity index is 1.73. The number of amides is 2. The summed E-state index contributed by atoms with van der Waals surface area (Å²) < 4.78 is 11.5. The zero-order valence-electron chi connectivity index (χ0n) is 16.9. The number of ether oxygens (including phenoxy) is 2. The minimum Gasteiger partial charge on any atom is -0.496 e. The zero-order valence-corrected chi connectivity index (χ0v) is 18.5. The van der Waals surface area contributed by atoms with E-state index in [0.29, 0.717) is 29.7 Å². The van der Waals surface area contributed by atoms with Crippen LogP contribution in [-0.4, -0.2) is 71.5 Å². The van der Waals surface area contributed by atoms with Gasteiger partial charge in [-0.25, -0.2) is 4.79 Å². The molecular formula is C20H24BrN3O5. The molecule has 29 heavy (non-hydrogen) atoms. The summed E-state index contributed by atoms with van der Waals surface area (Å²) in [6, 6.07) is 3.55. The molecular weight excluding hydrogens is 442 g/mol. The third kappa shape index (κ3) is 4.39. The maximum absolute atomic E-state index is 12.9. The van der Waals surface area contributed by atoms with Crippen molar-refractivity contribution in [3.05, 3.63) is 28.4 Å². The number of Topliss-reactive ketones (excluding diaryl/α,β-unsaturated/α-hetero) is 1. The first kappa shape index (κ1) is 21.2. The van der Waals surface area contributed by atoms with Crippen LogP contribution in [-0.2, 0) is 9.53 Å². The highest BCUT2D eigenvalue weighted by Crippen LogP contribution is 2.34. The summed E-state index contributed by atoms with van der Waals surface area (Å²) in [5, 5.41) is 0.563. The number of benzene rings is 1. The Morgan fingerprint density at radius 1 is 1.07 bits per heavy atom. The number of aromatic amines is 1. The maximum Gasteiger partial charge on any atom is 0.410 e. The van der Waals surface area contributed by atoms with Crippen LogP contribution in [0.3, 0.4) is 0 Å². The van der Waals surface area contributed by atoms with E-state index in [9.17, 15) is 14.4 Å². The van der Waals surface area contributed by atoms with Gasteiger partial charge in [-0.15, -0.1) is 0 Å². The second-order valence-corrected chi connectivity index (χ2v) is 8.65. The number of halogens is 1. The molecule has 9 heteroatoms. The predicted molar refractivity (Wildman–Crippen MR) is 111 cm³/mol. The van der Waals surface area contributed by atoms with E-state index in [1.807, 2.05) is 6.07 Å². The van der Waals surface area contributed by atoms with Gasteiger partial charge >= 0.3 is 6.09 Å². The van der Waals surface area contributed by atoms with Crippen molar-refractivity contribution in [2.75, 3.05) is 33.3 Å². The molecule has 3 rings (SSSR count). The Labute approximate surface area is 177 Å². The highest BCUT2D eigenvalue weighted by molar-refractivity contribution is 9.10. The summed E-state index contributed by atoms with van der Waals surface area (Å²) in [4.78, 5) is 43.9. The number of carbonyl (C=O) groups is 3. The van der Waals surface area contributed by atoms with Crippen LogP contribution < -0.4 is 4.74 Å². The van der Waals surface area contributed by atoms with Gasteiger partial charge in [-0.2, -0.15) is 0 Å². The third-order valence-electron chi connectivity index (χ3n) is 4.62. The second-order valence-electron chi connectivity index (χ2n) is 7.79. The van der Waals surface area contributed by atoms with Crippen molar-refractivity contribution in [3.8, 4) is 5.75 Å². The Morgan fingerprint density at radius 3 is 2.28 bits per heavy atom. The number of H-pyrrole nitrogens is 1. The molecule has 1 aromatic carbocycles. The number of fused-ring (bicyclic) bond motifs is 1. The lowest BCUT2D eigenvalue weighted by molar-refractivity contribution is -0.128. The van der Waals surface area contributed by atoms with E-state index in [0.717, 1.165) is 4.47 Å². The summed E-state index contributed by atoms with van der Waals surface area (Å²) >= 11 is 3.43. The molecule has 1 saturated heterocycles. The largest absolute Gasteiger partial charge is 0.496 e. The van der Waals surface area contributed by atoms with Crippen molar-refractivity contribution >= 4 is 44.6 Å². The molecule has 0 radical (unpaired) electrons. The van der Waals surface area contributed by atoms with Gasteiger partial charge in [0, 0.05) is 36.8 Å². The Morgan fingerprint density at radius 2 is 1.69 bits per heavy atom. The average Bonchev–Trinajstić information content (AvgIpc) is 3.12. The average molecular weight is 466 g/mol. The lowest BCUT2D eigenvalue weighted by Crippen LogP contribution is -2.53. The number of nitrogens with one attached hydrogen (secondary N) is 1. The number of hydrogen-bond donors (Lipinski definition) is 1. The molecule has 0 spiro atoms. The van der Waals surface area contributed by atoms with Crippen molar-refractivity contribution in [1.82, 2.24) is 14.8 Å². The first-order chi connectivity index (χ1) is 13.6. The Hall–Kier alpha value is -2.55. The fraction of sp³-hybridized carbons (Fsp3) is 0.450. The molecule has 1 aromatic heterocycles. The number of ketones is 1. The summed E-state index contributed by atoms with van der Waals surface area (Å²) in [5.41, 5.74) is 0.371. The highest BCUT2D eigenvalue weighted by Gasteiger charge is 2.32. The minimum atomic E-state index is -0.613. The van der Waals surface area contributed by atoms with Gasteiger partial charge in [0.15, 0.2) is 0 Å². The van der Waals surface area contributed by atoms with Crippen LogP contribution in [0.15, 0.2) is 22.8 Å². The number of nitrogens with zero attached hydrogens (tertiary/aromatic N) is 2. The number of carbonyl (C=O) groups excluding carboxylic acids is 3. The fourth-order valence-corrected chi connectivity index (χ4v) is 3.65. The van der Waals surface area contributed by atoms with Crippen LogP contribution in [0.2, 0.25) is 0 Å². The van der Waals surface area contributed by atoms with E-state index in [4.69, 9.17) is 9.47 Å². The first-order valence-electron chi connectivity index (χ1n) is 9.27. The molecule has 0 bridgehead atoms. The maximum atomic E-state index is 12.9. The lowest BCUT2D eigenvalue weighted by atomic mass is 10.1. The van der Waals surface area contributed by atoms with E-state index in [1.165, 1.54) is 18.2 Å². The second kappa shape index (κ2) is 8.06. The summed E-state index contributed by atoms with van der Waals surface area (Å²) in [6.45, 7) is 6.58. The molecule has 2 aromatic rings. The van der Waals surface area contributed by atoms with Gasteiger partial charge in [-0.3, -0.25) is 9.59 Å². The molecule has 1 aliphatic rings. The van der Waals surface area contributed by atoms with Crippen LogP contribution in [0.25, 0.3) is 10.9 Å². The normalized spacial score (nSPS) is 14.8. The van der Waals surface area contributed by atoms with Crippen molar-refractivity contribution in [1.29, 1.82) is 0 Å². The van der Waals surface area contributed by atoms with Gasteiger partial charge < -0.3 is 24.3 Å². The van der Waals surface area contributed by atoms with E-state index in [2.05, 4.69) is 20.9 Å². The monoisotopic (exact) mass is 465 g/mol. The molecule has 156 valence electrons. The SMILES string of the molecule is COc1ccc(Br)c2[nH]cc(C(=O)C(=O)N3CCN(C(=O)OC(C)(C)C)CC3)c12. The minimum absolute atomic E-state index is 0.262. The lowest BCUT2D eigenvalue weighted by Gasteiger charge is -2.35. The summed E-state index contributed by atoms with van der Waals surface area (Å²) in [6.07, 6.45) is 1.11. The van der Waals surface area contributed by atoms with Crippen LogP contribution in [0.1, 0.15) is 31.1 Å². The quantitative estimate of drug-likeness (QED) is 0.554. The van der Waals surface area contributed by atoms with Gasteiger partial charge in [-0.05, 0) is 48.8 Å². The molecule has 8 nitrogen and oxygen atoms in total. The van der Waals surface area contributed by atoms with Gasteiger partial charge in [0.25, 0.3) is 11.7 Å². The molecule has 1 fully saturated rings. The number of aromatic nitrogens is 1. The topological polar surface area (TPSA) is 91.9 Å². The number of hydrogen-bond acceptors (Lipinski definition) is 5. The molecule has 0 unspecified atom stereocenters. The number of methoxy groups -OCH3 is 1. The highest BCUT2D eigenvalue weighted by atomic mass is 79.9. The van der Waals surface area contributed by atoms with E-state index >= 15 is 0 Å². The zero-order chi connectivity index (χ0) is 21.3. The van der Waals surface area contributed by atoms with Crippen molar-refractivity contribution < 1.29 is 23.9 Å². The van der Waals surface area contributed by atoms with Crippen LogP contribution >= 0.6 is 15.9 Å². The van der Waals surface area contributed by atoms with Gasteiger partial charge in [0.1, 0.15) is 11.4 Å². The smallest absolute Gasteiger partial charge is 0.410 e. The molecule has 0 saturated carbocycles. The summed E-state index contributed by atoms with van der Waals surface area (Å²) in [5.74, 6) is -0.703. The van der Waals surface area contributed by atoms with Crippen molar-refractivity contribution in [2.45, 2.75) is 26.4 Å². The standard InChI is InChI=1S/C20H24BrN3O5/c1-20(2,3)29-19(27)24-9-7-23(8-10-24)18(26)17(25)12-11-22-16-13(21)5-6-14(28-4)15(12)16/h5-6,11,22H,7-10H2,1-4H3. The molecule has 2 heterocycles. The number of rotatable bonds is 3. The van der Waals surface area contributed by atoms with Crippen molar-refractivity contribution in [3.63, 3.8) is 0 Å². The Bertz CT molecular complexity index is 955.